The summed E-state index contributed by atoms with van der Waals surface area (Å²) >= 11 is 1.43. The number of halogens is 1. The minimum Gasteiger partial charge on any atom is -0.347 e. The lowest BCUT2D eigenvalue weighted by Gasteiger charge is -2.12. The Morgan fingerprint density at radius 2 is 2.12 bits per heavy atom. The van der Waals surface area contributed by atoms with Crippen LogP contribution < -0.4 is 5.32 Å². The van der Waals surface area contributed by atoms with E-state index in [9.17, 15) is 9.18 Å². The summed E-state index contributed by atoms with van der Waals surface area (Å²) in [5, 5.41) is 6.99. The number of benzene rings is 1. The summed E-state index contributed by atoms with van der Waals surface area (Å²) in [6.45, 7) is 4.43. The lowest BCUT2D eigenvalue weighted by atomic mass is 10.1. The molecule has 2 heterocycles. The topological polar surface area (TPSA) is 59.8 Å². The number of carbonyl (C=O) groups is 1. The first kappa shape index (κ1) is 16.3. The first-order valence-electron chi connectivity index (χ1n) is 7.52. The zero-order valence-electron chi connectivity index (χ0n) is 13.4. The summed E-state index contributed by atoms with van der Waals surface area (Å²) in [6.07, 6.45) is 3.08. The van der Waals surface area contributed by atoms with Crippen LogP contribution in [-0.2, 0) is 6.54 Å². The molecule has 3 rings (SSSR count). The standard InChI is InChI=1S/C17H17FN4OS/c1-11(8-22-10-19-9-20-22)21-17(23)16-7-15(12(2)24-16)13-3-5-14(18)6-4-13/h3-7,9-11H,8H2,1-2H3,(H,21,23). The number of hydrogen-bond acceptors (Lipinski definition) is 4. The van der Waals surface area contributed by atoms with Crippen LogP contribution in [0.2, 0.25) is 0 Å². The number of aromatic nitrogens is 3. The van der Waals surface area contributed by atoms with Crippen LogP contribution in [-0.4, -0.2) is 26.7 Å². The Balaban J connectivity index is 1.71. The molecule has 3 aromatic rings. The molecule has 0 aliphatic carbocycles. The number of nitrogens with one attached hydrogen (secondary N) is 1. The Morgan fingerprint density at radius 1 is 1.38 bits per heavy atom. The van der Waals surface area contributed by atoms with Gasteiger partial charge < -0.3 is 5.32 Å². The van der Waals surface area contributed by atoms with E-state index in [2.05, 4.69) is 15.4 Å². The van der Waals surface area contributed by atoms with Crippen molar-refractivity contribution in [2.75, 3.05) is 0 Å². The second-order valence-electron chi connectivity index (χ2n) is 5.58. The molecule has 1 amide bonds. The van der Waals surface area contributed by atoms with Crippen molar-refractivity contribution in [3.8, 4) is 11.1 Å². The van der Waals surface area contributed by atoms with E-state index in [0.717, 1.165) is 16.0 Å². The third kappa shape index (κ3) is 3.68. The number of carbonyl (C=O) groups excluding carboxylic acids is 1. The predicted molar refractivity (Wildman–Crippen MR) is 91.4 cm³/mol. The van der Waals surface area contributed by atoms with E-state index in [-0.39, 0.29) is 17.8 Å². The van der Waals surface area contributed by atoms with Crippen molar-refractivity contribution in [3.05, 3.63) is 58.6 Å². The molecule has 0 spiro atoms. The van der Waals surface area contributed by atoms with Gasteiger partial charge in [-0.1, -0.05) is 12.1 Å². The molecular weight excluding hydrogens is 327 g/mol. The molecule has 1 N–H and O–H groups in total. The number of amides is 1. The van der Waals surface area contributed by atoms with Gasteiger partial charge in [-0.25, -0.2) is 9.37 Å². The molecule has 0 aliphatic rings. The van der Waals surface area contributed by atoms with E-state index in [4.69, 9.17) is 0 Å². The molecule has 0 aliphatic heterocycles. The zero-order valence-corrected chi connectivity index (χ0v) is 14.2. The van der Waals surface area contributed by atoms with Gasteiger partial charge in [0.2, 0.25) is 0 Å². The molecule has 0 radical (unpaired) electrons. The molecule has 0 fully saturated rings. The van der Waals surface area contributed by atoms with E-state index in [1.165, 1.54) is 29.8 Å². The molecular formula is C17H17FN4OS. The van der Waals surface area contributed by atoms with Gasteiger partial charge in [0.1, 0.15) is 18.5 Å². The average Bonchev–Trinajstić information content (AvgIpc) is 3.17. The summed E-state index contributed by atoms with van der Waals surface area (Å²) in [6, 6.07) is 8.07. The Kier molecular flexibility index (Phi) is 4.71. The van der Waals surface area contributed by atoms with Crippen molar-refractivity contribution in [3.63, 3.8) is 0 Å². The number of hydrogen-bond donors (Lipinski definition) is 1. The summed E-state index contributed by atoms with van der Waals surface area (Å²) in [4.78, 5) is 18.0. The maximum atomic E-state index is 13.1. The minimum atomic E-state index is -0.272. The van der Waals surface area contributed by atoms with E-state index in [0.29, 0.717) is 11.4 Å². The van der Waals surface area contributed by atoms with Crippen LogP contribution in [0.5, 0.6) is 0 Å². The average molecular weight is 344 g/mol. The number of nitrogens with zero attached hydrogens (tertiary/aromatic N) is 3. The lowest BCUT2D eigenvalue weighted by Crippen LogP contribution is -2.35. The van der Waals surface area contributed by atoms with Gasteiger partial charge >= 0.3 is 0 Å². The van der Waals surface area contributed by atoms with Crippen molar-refractivity contribution in [2.45, 2.75) is 26.4 Å². The van der Waals surface area contributed by atoms with Crippen LogP contribution in [0, 0.1) is 12.7 Å². The van der Waals surface area contributed by atoms with Crippen LogP contribution in [0.4, 0.5) is 4.39 Å². The smallest absolute Gasteiger partial charge is 0.261 e. The molecule has 1 aromatic carbocycles. The second kappa shape index (κ2) is 6.92. The zero-order chi connectivity index (χ0) is 17.1. The Bertz CT molecular complexity index is 827. The van der Waals surface area contributed by atoms with Crippen molar-refractivity contribution in [1.29, 1.82) is 0 Å². The maximum Gasteiger partial charge on any atom is 0.261 e. The van der Waals surface area contributed by atoms with Gasteiger partial charge in [0.25, 0.3) is 5.91 Å². The normalized spacial score (nSPS) is 12.1. The second-order valence-corrected chi connectivity index (χ2v) is 6.84. The van der Waals surface area contributed by atoms with Crippen molar-refractivity contribution in [2.24, 2.45) is 0 Å². The van der Waals surface area contributed by atoms with E-state index in [1.807, 2.05) is 19.9 Å². The maximum absolute atomic E-state index is 13.1. The predicted octanol–water partition coefficient (Wildman–Crippen LogP) is 3.27. The summed E-state index contributed by atoms with van der Waals surface area (Å²) in [5.41, 5.74) is 1.86. The van der Waals surface area contributed by atoms with Gasteiger partial charge in [0.05, 0.1) is 11.4 Å². The quantitative estimate of drug-likeness (QED) is 0.773. The van der Waals surface area contributed by atoms with Crippen LogP contribution in [0.3, 0.4) is 0 Å². The number of rotatable bonds is 5. The molecule has 5 nitrogen and oxygen atoms in total. The summed E-state index contributed by atoms with van der Waals surface area (Å²) in [5.74, 6) is -0.393. The molecule has 0 bridgehead atoms. The van der Waals surface area contributed by atoms with Crippen LogP contribution >= 0.6 is 11.3 Å². The molecule has 1 atom stereocenters. The van der Waals surface area contributed by atoms with Gasteiger partial charge in [-0.15, -0.1) is 11.3 Å². The fourth-order valence-corrected chi connectivity index (χ4v) is 3.40. The molecule has 2 aromatic heterocycles. The molecule has 24 heavy (non-hydrogen) atoms. The van der Waals surface area contributed by atoms with Crippen molar-refractivity contribution in [1.82, 2.24) is 20.1 Å². The highest BCUT2D eigenvalue weighted by Crippen LogP contribution is 2.31. The molecule has 1 unspecified atom stereocenters. The monoisotopic (exact) mass is 344 g/mol. The first-order valence-corrected chi connectivity index (χ1v) is 8.34. The summed E-state index contributed by atoms with van der Waals surface area (Å²) < 4.78 is 14.7. The van der Waals surface area contributed by atoms with E-state index in [1.54, 1.807) is 23.1 Å². The van der Waals surface area contributed by atoms with Gasteiger partial charge in [-0.05, 0) is 43.2 Å². The van der Waals surface area contributed by atoms with Gasteiger partial charge in [0.15, 0.2) is 0 Å². The highest BCUT2D eigenvalue weighted by Gasteiger charge is 2.16. The largest absolute Gasteiger partial charge is 0.347 e. The SMILES string of the molecule is Cc1sc(C(=O)NC(C)Cn2cncn2)cc1-c1ccc(F)cc1. The first-order chi connectivity index (χ1) is 11.5. The molecule has 0 saturated heterocycles. The molecule has 124 valence electrons. The number of thiophene rings is 1. The fourth-order valence-electron chi connectivity index (χ4n) is 2.46. The fraction of sp³-hybridized carbons (Fsp3) is 0.235. The Hall–Kier alpha value is -2.54. The third-order valence-electron chi connectivity index (χ3n) is 3.60. The highest BCUT2D eigenvalue weighted by molar-refractivity contribution is 7.14. The van der Waals surface area contributed by atoms with Crippen LogP contribution in [0.1, 0.15) is 21.5 Å². The lowest BCUT2D eigenvalue weighted by molar-refractivity contribution is 0.0940. The van der Waals surface area contributed by atoms with Crippen LogP contribution in [0.15, 0.2) is 43.0 Å². The highest BCUT2D eigenvalue weighted by atomic mass is 32.1. The molecule has 0 saturated carbocycles. The van der Waals surface area contributed by atoms with Crippen LogP contribution in [0.25, 0.3) is 11.1 Å². The summed E-state index contributed by atoms with van der Waals surface area (Å²) in [7, 11) is 0. The van der Waals surface area contributed by atoms with Crippen molar-refractivity contribution < 1.29 is 9.18 Å². The van der Waals surface area contributed by atoms with Crippen molar-refractivity contribution >= 4 is 17.2 Å². The van der Waals surface area contributed by atoms with E-state index < -0.39 is 0 Å². The molecule has 7 heteroatoms. The van der Waals surface area contributed by atoms with E-state index >= 15 is 0 Å². The van der Waals surface area contributed by atoms with Gasteiger partial charge in [-0.3, -0.25) is 9.48 Å². The van der Waals surface area contributed by atoms with Gasteiger partial charge in [-0.2, -0.15) is 5.10 Å². The minimum absolute atomic E-state index is 0.0733. The Labute approximate surface area is 143 Å². The Morgan fingerprint density at radius 3 is 2.79 bits per heavy atom. The van der Waals surface area contributed by atoms with Gasteiger partial charge in [0, 0.05) is 10.9 Å². The third-order valence-corrected chi connectivity index (χ3v) is 4.65. The number of aryl methyl sites for hydroxylation is 1.